The van der Waals surface area contributed by atoms with Crippen LogP contribution in [0.4, 0.5) is 0 Å². The Morgan fingerprint density at radius 1 is 1.40 bits per heavy atom. The third-order valence-corrected chi connectivity index (χ3v) is 5.52. The summed E-state index contributed by atoms with van der Waals surface area (Å²) in [6, 6.07) is 5.27. The van der Waals surface area contributed by atoms with Gasteiger partial charge in [0, 0.05) is 18.2 Å². The van der Waals surface area contributed by atoms with Gasteiger partial charge in [-0.1, -0.05) is 24.8 Å². The summed E-state index contributed by atoms with van der Waals surface area (Å²) in [6.45, 7) is 3.90. The molecule has 0 amide bonds. The molecule has 0 heterocycles. The van der Waals surface area contributed by atoms with Gasteiger partial charge in [-0.3, -0.25) is 0 Å². The molecule has 108 valence electrons. The molecule has 4 nitrogen and oxygen atoms in total. The van der Waals surface area contributed by atoms with Crippen molar-refractivity contribution < 1.29 is 13.5 Å². The highest BCUT2D eigenvalue weighted by atomic mass is 32.2. The normalized spacial score (nSPS) is 15.0. The van der Waals surface area contributed by atoms with Gasteiger partial charge in [0.05, 0.1) is 4.90 Å². The van der Waals surface area contributed by atoms with Crippen LogP contribution in [0.1, 0.15) is 30.9 Å². The Kier molecular flexibility index (Phi) is 4.48. The van der Waals surface area contributed by atoms with E-state index in [-0.39, 0.29) is 12.6 Å². The Morgan fingerprint density at radius 3 is 2.65 bits per heavy atom. The number of nitrogens with zero attached hydrogens (tertiary/aromatic N) is 1. The fourth-order valence-electron chi connectivity index (χ4n) is 2.21. The predicted octanol–water partition coefficient (Wildman–Crippen LogP) is 1.51. The van der Waals surface area contributed by atoms with E-state index in [1.54, 1.807) is 29.4 Å². The molecule has 0 aliphatic heterocycles. The van der Waals surface area contributed by atoms with E-state index >= 15 is 0 Å². The minimum Gasteiger partial charge on any atom is -0.384 e. The van der Waals surface area contributed by atoms with Gasteiger partial charge in [0.2, 0.25) is 10.0 Å². The van der Waals surface area contributed by atoms with Gasteiger partial charge < -0.3 is 5.11 Å². The number of hydrogen-bond acceptors (Lipinski definition) is 3. The van der Waals surface area contributed by atoms with Crippen LogP contribution in [0.5, 0.6) is 0 Å². The average Bonchev–Trinajstić information content (AvgIpc) is 3.22. The molecule has 2 rings (SSSR count). The summed E-state index contributed by atoms with van der Waals surface area (Å²) in [5.74, 6) is 5.29. The highest BCUT2D eigenvalue weighted by Crippen LogP contribution is 2.32. The minimum absolute atomic E-state index is 0.150. The van der Waals surface area contributed by atoms with Gasteiger partial charge in [0.1, 0.15) is 6.61 Å². The molecule has 20 heavy (non-hydrogen) atoms. The minimum atomic E-state index is -3.46. The van der Waals surface area contributed by atoms with Gasteiger partial charge >= 0.3 is 0 Å². The van der Waals surface area contributed by atoms with E-state index in [2.05, 4.69) is 11.8 Å². The summed E-state index contributed by atoms with van der Waals surface area (Å²) >= 11 is 0. The summed E-state index contributed by atoms with van der Waals surface area (Å²) in [5.41, 5.74) is 1.33. The molecule has 0 saturated heterocycles. The predicted molar refractivity (Wildman–Crippen MR) is 77.7 cm³/mol. The van der Waals surface area contributed by atoms with Crippen LogP contribution >= 0.6 is 0 Å². The van der Waals surface area contributed by atoms with Crippen LogP contribution in [0, 0.1) is 18.8 Å². The van der Waals surface area contributed by atoms with Gasteiger partial charge in [-0.2, -0.15) is 4.31 Å². The first kappa shape index (κ1) is 15.0. The van der Waals surface area contributed by atoms with E-state index in [1.165, 1.54) is 0 Å². The number of sulfonamides is 1. The van der Waals surface area contributed by atoms with E-state index in [0.717, 1.165) is 18.4 Å². The Bertz CT molecular complexity index is 651. The lowest BCUT2D eigenvalue weighted by atomic mass is 10.1. The lowest BCUT2D eigenvalue weighted by Gasteiger charge is -2.21. The van der Waals surface area contributed by atoms with Crippen LogP contribution in [0.15, 0.2) is 23.1 Å². The molecular formula is C15H19NO3S. The SMILES string of the molecule is CCN(C1CC1)S(=O)(=O)c1cc(C#CCO)ccc1C. The van der Waals surface area contributed by atoms with Crippen LogP contribution in [-0.4, -0.2) is 37.0 Å². The van der Waals surface area contributed by atoms with Gasteiger partial charge in [0.15, 0.2) is 0 Å². The van der Waals surface area contributed by atoms with E-state index in [4.69, 9.17) is 5.11 Å². The molecule has 1 aliphatic rings. The largest absolute Gasteiger partial charge is 0.384 e. The maximum Gasteiger partial charge on any atom is 0.243 e. The molecule has 1 aromatic rings. The molecule has 1 saturated carbocycles. The molecule has 0 spiro atoms. The third-order valence-electron chi connectivity index (χ3n) is 3.35. The number of aliphatic hydroxyl groups excluding tert-OH is 1. The zero-order valence-corrected chi connectivity index (χ0v) is 12.6. The summed E-state index contributed by atoms with van der Waals surface area (Å²) < 4.78 is 27.0. The van der Waals surface area contributed by atoms with E-state index < -0.39 is 10.0 Å². The van der Waals surface area contributed by atoms with Crippen molar-refractivity contribution in [2.75, 3.05) is 13.2 Å². The fraction of sp³-hybridized carbons (Fsp3) is 0.467. The van der Waals surface area contributed by atoms with Gasteiger partial charge in [-0.05, 0) is 37.5 Å². The number of aryl methyl sites for hydroxylation is 1. The van der Waals surface area contributed by atoms with Crippen molar-refractivity contribution in [3.63, 3.8) is 0 Å². The van der Waals surface area contributed by atoms with Crippen LogP contribution in [0.3, 0.4) is 0 Å². The summed E-state index contributed by atoms with van der Waals surface area (Å²) in [7, 11) is -3.46. The van der Waals surface area contributed by atoms with Crippen LogP contribution in [0.25, 0.3) is 0 Å². The Morgan fingerprint density at radius 2 is 2.10 bits per heavy atom. The van der Waals surface area contributed by atoms with E-state index in [1.807, 2.05) is 6.92 Å². The molecule has 0 bridgehead atoms. The molecule has 1 aromatic carbocycles. The summed E-state index contributed by atoms with van der Waals surface area (Å²) in [4.78, 5) is 0.316. The standard InChI is InChI=1S/C15H19NO3S/c1-3-16(14-8-9-14)20(18,19)15-11-13(5-4-10-17)7-6-12(15)2/h6-7,11,14,17H,3,8-10H2,1-2H3. The van der Waals surface area contributed by atoms with Crippen molar-refractivity contribution in [3.05, 3.63) is 29.3 Å². The smallest absolute Gasteiger partial charge is 0.243 e. The maximum absolute atomic E-state index is 12.7. The Hall–Kier alpha value is -1.35. The van der Waals surface area contributed by atoms with Crippen molar-refractivity contribution in [3.8, 4) is 11.8 Å². The quantitative estimate of drug-likeness (QED) is 0.856. The van der Waals surface area contributed by atoms with Crippen LogP contribution in [-0.2, 0) is 10.0 Å². The number of rotatable bonds is 4. The molecule has 1 fully saturated rings. The van der Waals surface area contributed by atoms with Crippen molar-refractivity contribution >= 4 is 10.0 Å². The topological polar surface area (TPSA) is 57.6 Å². The number of benzene rings is 1. The zero-order valence-electron chi connectivity index (χ0n) is 11.8. The molecule has 0 atom stereocenters. The van der Waals surface area contributed by atoms with Gasteiger partial charge in [-0.25, -0.2) is 8.42 Å². The number of hydrogen-bond donors (Lipinski definition) is 1. The lowest BCUT2D eigenvalue weighted by molar-refractivity contribution is 0.350. The van der Waals surface area contributed by atoms with E-state index in [9.17, 15) is 8.42 Å². The van der Waals surface area contributed by atoms with Crippen LogP contribution < -0.4 is 0 Å². The third kappa shape index (κ3) is 3.04. The Labute approximate surface area is 120 Å². The molecule has 1 N–H and O–H groups in total. The van der Waals surface area contributed by atoms with E-state index in [0.29, 0.717) is 17.0 Å². The lowest BCUT2D eigenvalue weighted by Crippen LogP contribution is -2.33. The molecule has 0 radical (unpaired) electrons. The summed E-state index contributed by atoms with van der Waals surface area (Å²) in [6.07, 6.45) is 1.88. The van der Waals surface area contributed by atoms with Crippen molar-refractivity contribution in [1.29, 1.82) is 0 Å². The maximum atomic E-state index is 12.7. The molecule has 0 aromatic heterocycles. The van der Waals surface area contributed by atoms with Crippen molar-refractivity contribution in [2.45, 2.75) is 37.6 Å². The first-order chi connectivity index (χ1) is 9.50. The second-order valence-electron chi connectivity index (χ2n) is 4.88. The fourth-order valence-corrected chi connectivity index (χ4v) is 4.16. The second-order valence-corrected chi connectivity index (χ2v) is 6.74. The van der Waals surface area contributed by atoms with Crippen molar-refractivity contribution in [1.82, 2.24) is 4.31 Å². The molecule has 1 aliphatic carbocycles. The van der Waals surface area contributed by atoms with Gasteiger partial charge in [-0.15, -0.1) is 0 Å². The van der Waals surface area contributed by atoms with Crippen LogP contribution in [0.2, 0.25) is 0 Å². The first-order valence-electron chi connectivity index (χ1n) is 6.73. The first-order valence-corrected chi connectivity index (χ1v) is 8.17. The van der Waals surface area contributed by atoms with Gasteiger partial charge in [0.25, 0.3) is 0 Å². The molecular weight excluding hydrogens is 274 g/mol. The highest BCUT2D eigenvalue weighted by molar-refractivity contribution is 7.89. The summed E-state index contributed by atoms with van der Waals surface area (Å²) in [5, 5.41) is 8.72. The Balaban J connectivity index is 2.44. The zero-order chi connectivity index (χ0) is 14.8. The molecule has 0 unspecified atom stereocenters. The highest BCUT2D eigenvalue weighted by Gasteiger charge is 2.37. The number of aliphatic hydroxyl groups is 1. The van der Waals surface area contributed by atoms with Crippen molar-refractivity contribution in [2.24, 2.45) is 0 Å². The second kappa shape index (κ2) is 5.96. The monoisotopic (exact) mass is 293 g/mol. The molecule has 5 heteroatoms. The average molecular weight is 293 g/mol.